The second kappa shape index (κ2) is 6.41. The Kier molecular flexibility index (Phi) is 4.87. The third-order valence-electron chi connectivity index (χ3n) is 4.44. The Bertz CT molecular complexity index is 277. The van der Waals surface area contributed by atoms with E-state index in [-0.39, 0.29) is 6.10 Å². The summed E-state index contributed by atoms with van der Waals surface area (Å²) in [5.41, 5.74) is 6.11. The van der Waals surface area contributed by atoms with Crippen molar-refractivity contribution in [3.8, 4) is 0 Å². The number of piperidine rings is 1. The predicted octanol–water partition coefficient (Wildman–Crippen LogP) is 1.73. The van der Waals surface area contributed by atoms with E-state index in [0.717, 1.165) is 31.9 Å². The van der Waals surface area contributed by atoms with Gasteiger partial charge >= 0.3 is 0 Å². The van der Waals surface area contributed by atoms with Gasteiger partial charge in [0.2, 0.25) is 0 Å². The van der Waals surface area contributed by atoms with Crippen LogP contribution >= 0.6 is 0 Å². The molecule has 3 N–H and O–H groups in total. The molecule has 1 heterocycles. The standard InChI is InChI=1S/C14H27N3O/c1-11(18)12-7-9-17(10-8-12)14(15)16-13-5-3-2-4-6-13/h11-13,18H,2-10H2,1H3,(H2,15,16). The number of aliphatic imine (C=N–C) groups is 1. The molecule has 1 saturated carbocycles. The highest BCUT2D eigenvalue weighted by atomic mass is 16.3. The Morgan fingerprint density at radius 2 is 1.78 bits per heavy atom. The molecule has 1 saturated heterocycles. The summed E-state index contributed by atoms with van der Waals surface area (Å²) in [6.07, 6.45) is 8.21. The molecule has 104 valence electrons. The van der Waals surface area contributed by atoms with Gasteiger partial charge in [0.25, 0.3) is 0 Å². The lowest BCUT2D eigenvalue weighted by Gasteiger charge is -2.34. The van der Waals surface area contributed by atoms with Crippen LogP contribution in [0.3, 0.4) is 0 Å². The Morgan fingerprint density at radius 3 is 2.33 bits per heavy atom. The Hall–Kier alpha value is -0.770. The maximum atomic E-state index is 9.58. The van der Waals surface area contributed by atoms with Crippen LogP contribution in [0.4, 0.5) is 0 Å². The summed E-state index contributed by atoms with van der Waals surface area (Å²) in [5.74, 6) is 1.16. The number of hydrogen-bond acceptors (Lipinski definition) is 2. The fourth-order valence-electron chi connectivity index (χ4n) is 3.09. The van der Waals surface area contributed by atoms with Crippen molar-refractivity contribution in [3.05, 3.63) is 0 Å². The molecule has 0 spiro atoms. The Labute approximate surface area is 110 Å². The molecule has 0 bridgehead atoms. The molecule has 2 rings (SSSR count). The summed E-state index contributed by atoms with van der Waals surface area (Å²) >= 11 is 0. The zero-order valence-corrected chi connectivity index (χ0v) is 11.5. The van der Waals surface area contributed by atoms with Gasteiger partial charge in [-0.15, -0.1) is 0 Å². The molecule has 0 aromatic heterocycles. The topological polar surface area (TPSA) is 61.8 Å². The molecule has 2 fully saturated rings. The molecule has 1 aliphatic carbocycles. The maximum Gasteiger partial charge on any atom is 0.191 e. The zero-order chi connectivity index (χ0) is 13.0. The van der Waals surface area contributed by atoms with E-state index < -0.39 is 0 Å². The van der Waals surface area contributed by atoms with Crippen LogP contribution in [0.15, 0.2) is 4.99 Å². The molecular formula is C14H27N3O. The van der Waals surface area contributed by atoms with Crippen LogP contribution < -0.4 is 5.73 Å². The number of nitrogens with zero attached hydrogens (tertiary/aromatic N) is 2. The molecule has 18 heavy (non-hydrogen) atoms. The highest BCUT2D eigenvalue weighted by Gasteiger charge is 2.24. The van der Waals surface area contributed by atoms with Crippen molar-refractivity contribution in [1.82, 2.24) is 4.90 Å². The van der Waals surface area contributed by atoms with Crippen LogP contribution in [0.2, 0.25) is 0 Å². The van der Waals surface area contributed by atoms with E-state index in [1.807, 2.05) is 6.92 Å². The Balaban J connectivity index is 1.82. The number of aliphatic hydroxyl groups is 1. The average Bonchev–Trinajstić information content (AvgIpc) is 2.40. The molecule has 4 heteroatoms. The lowest BCUT2D eigenvalue weighted by atomic mass is 9.92. The number of rotatable bonds is 2. The number of hydrogen-bond donors (Lipinski definition) is 2. The van der Waals surface area contributed by atoms with Crippen LogP contribution in [0, 0.1) is 5.92 Å². The van der Waals surface area contributed by atoms with Gasteiger partial charge in [-0.2, -0.15) is 0 Å². The molecule has 0 aromatic carbocycles. The second-order valence-corrected chi connectivity index (χ2v) is 5.84. The lowest BCUT2D eigenvalue weighted by Crippen LogP contribution is -2.45. The molecule has 0 aromatic rings. The zero-order valence-electron chi connectivity index (χ0n) is 11.5. The van der Waals surface area contributed by atoms with Gasteiger partial charge in [0, 0.05) is 13.1 Å². The van der Waals surface area contributed by atoms with Gasteiger partial charge in [-0.25, -0.2) is 4.99 Å². The smallest absolute Gasteiger partial charge is 0.191 e. The van der Waals surface area contributed by atoms with E-state index in [1.54, 1.807) is 0 Å². The monoisotopic (exact) mass is 253 g/mol. The predicted molar refractivity (Wildman–Crippen MR) is 74.5 cm³/mol. The first-order valence-corrected chi connectivity index (χ1v) is 7.43. The van der Waals surface area contributed by atoms with Crippen LogP contribution in [-0.4, -0.2) is 41.2 Å². The maximum absolute atomic E-state index is 9.58. The van der Waals surface area contributed by atoms with Gasteiger partial charge < -0.3 is 15.7 Å². The van der Waals surface area contributed by atoms with E-state index in [2.05, 4.69) is 9.89 Å². The molecule has 1 aliphatic heterocycles. The molecule has 0 radical (unpaired) electrons. The third-order valence-corrected chi connectivity index (χ3v) is 4.44. The quantitative estimate of drug-likeness (QED) is 0.582. The Morgan fingerprint density at radius 1 is 1.17 bits per heavy atom. The molecule has 1 unspecified atom stereocenters. The van der Waals surface area contributed by atoms with E-state index in [4.69, 9.17) is 5.73 Å². The SMILES string of the molecule is CC(O)C1CCN(C(N)=NC2CCCCC2)CC1. The van der Waals surface area contributed by atoms with Crippen LogP contribution in [0.25, 0.3) is 0 Å². The molecular weight excluding hydrogens is 226 g/mol. The van der Waals surface area contributed by atoms with Crippen molar-refractivity contribution >= 4 is 5.96 Å². The van der Waals surface area contributed by atoms with Gasteiger partial charge in [-0.1, -0.05) is 19.3 Å². The van der Waals surface area contributed by atoms with Gasteiger partial charge in [0.15, 0.2) is 5.96 Å². The summed E-state index contributed by atoms with van der Waals surface area (Å²) in [6, 6.07) is 0.452. The van der Waals surface area contributed by atoms with Gasteiger partial charge in [-0.3, -0.25) is 0 Å². The molecule has 4 nitrogen and oxygen atoms in total. The van der Waals surface area contributed by atoms with Crippen molar-refractivity contribution in [1.29, 1.82) is 0 Å². The van der Waals surface area contributed by atoms with Crippen LogP contribution in [0.1, 0.15) is 51.9 Å². The van der Waals surface area contributed by atoms with Gasteiger partial charge in [0.1, 0.15) is 0 Å². The first-order chi connectivity index (χ1) is 8.66. The summed E-state index contributed by atoms with van der Waals surface area (Å²) < 4.78 is 0. The van der Waals surface area contributed by atoms with Gasteiger partial charge in [0.05, 0.1) is 12.1 Å². The molecule has 1 atom stereocenters. The van der Waals surface area contributed by atoms with E-state index in [1.165, 1.54) is 32.1 Å². The van der Waals surface area contributed by atoms with Crippen molar-refractivity contribution in [2.24, 2.45) is 16.6 Å². The fraction of sp³-hybridized carbons (Fsp3) is 0.929. The minimum Gasteiger partial charge on any atom is -0.393 e. The normalized spacial score (nSPS) is 26.3. The number of guanidine groups is 1. The van der Waals surface area contributed by atoms with E-state index in [0.29, 0.717) is 12.0 Å². The fourth-order valence-corrected chi connectivity index (χ4v) is 3.09. The minimum atomic E-state index is -0.191. The van der Waals surface area contributed by atoms with E-state index >= 15 is 0 Å². The van der Waals surface area contributed by atoms with Crippen molar-refractivity contribution in [2.45, 2.75) is 64.0 Å². The number of aliphatic hydroxyl groups excluding tert-OH is 1. The number of nitrogens with two attached hydrogens (primary N) is 1. The van der Waals surface area contributed by atoms with Crippen LogP contribution in [-0.2, 0) is 0 Å². The summed E-state index contributed by atoms with van der Waals surface area (Å²) in [4.78, 5) is 6.88. The third kappa shape index (κ3) is 3.61. The highest BCUT2D eigenvalue weighted by Crippen LogP contribution is 2.22. The lowest BCUT2D eigenvalue weighted by molar-refractivity contribution is 0.0886. The van der Waals surface area contributed by atoms with Crippen molar-refractivity contribution in [3.63, 3.8) is 0 Å². The summed E-state index contributed by atoms with van der Waals surface area (Å²) in [6.45, 7) is 3.77. The average molecular weight is 253 g/mol. The van der Waals surface area contributed by atoms with Crippen molar-refractivity contribution < 1.29 is 5.11 Å². The van der Waals surface area contributed by atoms with Crippen LogP contribution in [0.5, 0.6) is 0 Å². The minimum absolute atomic E-state index is 0.191. The first-order valence-electron chi connectivity index (χ1n) is 7.43. The van der Waals surface area contributed by atoms with Crippen molar-refractivity contribution in [2.75, 3.05) is 13.1 Å². The molecule has 0 amide bonds. The largest absolute Gasteiger partial charge is 0.393 e. The number of likely N-dealkylation sites (tertiary alicyclic amines) is 1. The van der Waals surface area contributed by atoms with Gasteiger partial charge in [-0.05, 0) is 38.5 Å². The van der Waals surface area contributed by atoms with E-state index in [9.17, 15) is 5.11 Å². The first kappa shape index (κ1) is 13.7. The molecule has 2 aliphatic rings. The second-order valence-electron chi connectivity index (χ2n) is 5.84. The summed E-state index contributed by atoms with van der Waals surface area (Å²) in [5, 5.41) is 9.58. The summed E-state index contributed by atoms with van der Waals surface area (Å²) in [7, 11) is 0. The highest BCUT2D eigenvalue weighted by molar-refractivity contribution is 5.78.